The number of aliphatic hydroxyl groups is 8. The molecule has 3 aliphatic rings. The number of hydrogen-bond acceptors (Lipinski definition) is 16. The zero-order valence-electron chi connectivity index (χ0n) is 22.6. The van der Waals surface area contributed by atoms with E-state index in [4.69, 9.17) is 28.4 Å². The highest BCUT2D eigenvalue weighted by molar-refractivity contribution is 5.73. The molecule has 0 aromatic rings. The summed E-state index contributed by atoms with van der Waals surface area (Å²) in [5.74, 6) is -1.25. The minimum atomic E-state index is -1.75. The fourth-order valence-corrected chi connectivity index (χ4v) is 5.03. The molecule has 0 radical (unpaired) electrons. The van der Waals surface area contributed by atoms with E-state index in [-0.39, 0.29) is 0 Å². The molecule has 0 spiro atoms. The zero-order chi connectivity index (χ0) is 30.6. The first kappa shape index (κ1) is 33.9. The average molecular weight is 601 g/mol. The second kappa shape index (κ2) is 14.7. The van der Waals surface area contributed by atoms with E-state index in [1.54, 1.807) is 0 Å². The second-order valence-electron chi connectivity index (χ2n) is 10.0. The Morgan fingerprint density at radius 2 is 1.00 bits per heavy atom. The van der Waals surface area contributed by atoms with Gasteiger partial charge >= 0.3 is 0 Å². The molecule has 15 atom stereocenters. The fraction of sp³-hybridized carbons (Fsp3) is 0.913. The van der Waals surface area contributed by atoms with E-state index in [1.807, 2.05) is 0 Å². The fourth-order valence-electron chi connectivity index (χ4n) is 5.03. The molecule has 0 aromatic heterocycles. The number of amides is 2. The van der Waals surface area contributed by atoms with E-state index in [2.05, 4.69) is 10.6 Å². The molecule has 0 unspecified atom stereocenters. The maximum Gasteiger partial charge on any atom is 0.217 e. The summed E-state index contributed by atoms with van der Waals surface area (Å²) in [4.78, 5) is 23.6. The molecule has 0 saturated carbocycles. The Labute approximate surface area is 234 Å². The van der Waals surface area contributed by atoms with Crippen LogP contribution in [0.4, 0.5) is 0 Å². The molecule has 3 rings (SSSR count). The lowest BCUT2D eigenvalue weighted by Gasteiger charge is -2.49. The van der Waals surface area contributed by atoms with Crippen LogP contribution in [0, 0.1) is 0 Å². The van der Waals surface area contributed by atoms with Crippen molar-refractivity contribution < 1.29 is 78.9 Å². The largest absolute Gasteiger partial charge is 0.394 e. The predicted octanol–water partition coefficient (Wildman–Crippen LogP) is -6.63. The predicted molar refractivity (Wildman–Crippen MR) is 129 cm³/mol. The van der Waals surface area contributed by atoms with Crippen LogP contribution in [0.5, 0.6) is 0 Å². The molecule has 3 heterocycles. The molecule has 18 heteroatoms. The van der Waals surface area contributed by atoms with Crippen molar-refractivity contribution in [3.63, 3.8) is 0 Å². The maximum absolute atomic E-state index is 11.8. The Morgan fingerprint density at radius 3 is 1.37 bits per heavy atom. The number of carbonyl (C=O) groups is 2. The summed E-state index contributed by atoms with van der Waals surface area (Å²) in [7, 11) is 1.20. The number of rotatable bonds is 10. The smallest absolute Gasteiger partial charge is 0.217 e. The van der Waals surface area contributed by atoms with Gasteiger partial charge in [-0.25, -0.2) is 0 Å². The van der Waals surface area contributed by atoms with E-state index >= 15 is 0 Å². The summed E-state index contributed by atoms with van der Waals surface area (Å²) in [5.41, 5.74) is 0. The molecule has 18 nitrogen and oxygen atoms in total. The van der Waals surface area contributed by atoms with Crippen LogP contribution in [0.15, 0.2) is 0 Å². The third-order valence-electron chi connectivity index (χ3n) is 7.11. The lowest BCUT2D eigenvalue weighted by Crippen LogP contribution is -2.69. The third-order valence-corrected chi connectivity index (χ3v) is 7.11. The van der Waals surface area contributed by atoms with Gasteiger partial charge in [0.2, 0.25) is 11.8 Å². The lowest BCUT2D eigenvalue weighted by molar-refractivity contribution is -0.372. The van der Waals surface area contributed by atoms with Crippen LogP contribution in [0.25, 0.3) is 0 Å². The normalized spacial score (nSPS) is 45.2. The Kier molecular flexibility index (Phi) is 12.2. The average Bonchev–Trinajstić information content (AvgIpc) is 2.93. The number of aliphatic hydroxyl groups excluding tert-OH is 8. The van der Waals surface area contributed by atoms with Gasteiger partial charge in [-0.05, 0) is 0 Å². The Balaban J connectivity index is 1.89. The minimum Gasteiger partial charge on any atom is -0.394 e. The van der Waals surface area contributed by atoms with Crippen molar-refractivity contribution in [1.29, 1.82) is 0 Å². The van der Waals surface area contributed by atoms with Gasteiger partial charge in [-0.1, -0.05) is 0 Å². The molecule has 0 aliphatic carbocycles. The first-order valence-corrected chi connectivity index (χ1v) is 13.0. The summed E-state index contributed by atoms with van der Waals surface area (Å²) in [6.07, 6.45) is -19.9. The highest BCUT2D eigenvalue weighted by Gasteiger charge is 2.54. The SMILES string of the molecule is CO[C@H]1O[C@H](CO)[C@@H](O[C@@H]2O[C@H](CO)[C@@H](O)[C@@H](O)[C@H]2NC(C)=O)[C@@H](O)[C@@H]1O[C@@H]1O[C@@H](CO)[C@@H](O)[C@@H](O)[C@@H]1NC(C)=O. The van der Waals surface area contributed by atoms with Gasteiger partial charge in [-0.15, -0.1) is 0 Å². The number of nitrogens with one attached hydrogen (secondary N) is 2. The van der Waals surface area contributed by atoms with Gasteiger partial charge < -0.3 is 79.9 Å². The van der Waals surface area contributed by atoms with Gasteiger partial charge in [0.05, 0.1) is 19.8 Å². The van der Waals surface area contributed by atoms with Gasteiger partial charge in [0, 0.05) is 21.0 Å². The second-order valence-corrected chi connectivity index (χ2v) is 10.0. The van der Waals surface area contributed by atoms with E-state index in [0.29, 0.717) is 0 Å². The van der Waals surface area contributed by atoms with Crippen molar-refractivity contribution in [3.8, 4) is 0 Å². The van der Waals surface area contributed by atoms with Crippen LogP contribution < -0.4 is 10.6 Å². The summed E-state index contributed by atoms with van der Waals surface area (Å²) in [5, 5.41) is 87.0. The van der Waals surface area contributed by atoms with Crippen LogP contribution in [0.2, 0.25) is 0 Å². The van der Waals surface area contributed by atoms with Crippen LogP contribution in [0.3, 0.4) is 0 Å². The summed E-state index contributed by atoms with van der Waals surface area (Å²) in [6.45, 7) is 0.0777. The van der Waals surface area contributed by atoms with Gasteiger partial charge in [0.15, 0.2) is 18.9 Å². The molecule has 3 aliphatic heterocycles. The molecule has 3 saturated heterocycles. The quantitative estimate of drug-likeness (QED) is 0.112. The van der Waals surface area contributed by atoms with Gasteiger partial charge in [0.25, 0.3) is 0 Å². The Hall–Kier alpha value is -1.62. The molecule has 3 fully saturated rings. The van der Waals surface area contributed by atoms with Gasteiger partial charge in [0.1, 0.15) is 73.1 Å². The van der Waals surface area contributed by atoms with E-state index in [0.717, 1.165) is 13.8 Å². The maximum atomic E-state index is 11.8. The first-order valence-electron chi connectivity index (χ1n) is 13.0. The third kappa shape index (κ3) is 7.48. The molecular formula is C23H40N2O16. The molecule has 10 N–H and O–H groups in total. The lowest BCUT2D eigenvalue weighted by atomic mass is 9.94. The molecular weight excluding hydrogens is 560 g/mol. The molecule has 0 aromatic carbocycles. The van der Waals surface area contributed by atoms with Crippen molar-refractivity contribution in [2.45, 2.75) is 106 Å². The first-order chi connectivity index (χ1) is 19.4. The summed E-state index contributed by atoms with van der Waals surface area (Å²) in [6, 6.07) is -2.76. The monoisotopic (exact) mass is 600 g/mol. The standard InChI is InChI=1S/C23H40N2O16/c1-7(29)24-12-16(33)14(31)9(4-26)37-21(12)40-19-11(6-28)39-23(36-3)20(18(19)35)41-22-13(25-8(2)30)17(34)15(32)10(5-27)38-22/h9-23,26-28,31-35H,4-6H2,1-3H3,(H,24,29)(H,25,30)/t9-,10+,11-,12-,13+,14-,15-,16+,17+,18-,19-,20+,21+,22+,23+/m1/s1. The van der Waals surface area contributed by atoms with E-state index < -0.39 is 124 Å². The topological polar surface area (TPSA) is 275 Å². The zero-order valence-corrected chi connectivity index (χ0v) is 22.6. The minimum absolute atomic E-state index is 0.621. The van der Waals surface area contributed by atoms with Crippen molar-refractivity contribution in [3.05, 3.63) is 0 Å². The number of carbonyl (C=O) groups excluding carboxylic acids is 2. The summed E-state index contributed by atoms with van der Waals surface area (Å²) >= 11 is 0. The van der Waals surface area contributed by atoms with E-state index in [9.17, 15) is 50.4 Å². The highest BCUT2D eigenvalue weighted by atomic mass is 16.8. The van der Waals surface area contributed by atoms with Crippen LogP contribution in [0.1, 0.15) is 13.8 Å². The van der Waals surface area contributed by atoms with Gasteiger partial charge in [-0.2, -0.15) is 0 Å². The van der Waals surface area contributed by atoms with Crippen LogP contribution in [-0.2, 0) is 38.0 Å². The molecule has 238 valence electrons. The van der Waals surface area contributed by atoms with Gasteiger partial charge in [-0.3, -0.25) is 9.59 Å². The van der Waals surface area contributed by atoms with Crippen LogP contribution >= 0.6 is 0 Å². The molecule has 41 heavy (non-hydrogen) atoms. The van der Waals surface area contributed by atoms with Crippen LogP contribution in [-0.4, -0.2) is 172 Å². The number of hydrogen-bond donors (Lipinski definition) is 10. The van der Waals surface area contributed by atoms with Crippen molar-refractivity contribution >= 4 is 11.8 Å². The number of ether oxygens (including phenoxy) is 6. The number of methoxy groups -OCH3 is 1. The van der Waals surface area contributed by atoms with E-state index in [1.165, 1.54) is 7.11 Å². The molecule has 2 amide bonds. The highest BCUT2D eigenvalue weighted by Crippen LogP contribution is 2.33. The Bertz CT molecular complexity index is 804. The molecule has 0 bridgehead atoms. The summed E-state index contributed by atoms with van der Waals surface area (Å²) < 4.78 is 33.8. The van der Waals surface area contributed by atoms with Crippen molar-refractivity contribution in [2.24, 2.45) is 0 Å². The van der Waals surface area contributed by atoms with Crippen molar-refractivity contribution in [2.75, 3.05) is 26.9 Å². The van der Waals surface area contributed by atoms with Crippen molar-refractivity contribution in [1.82, 2.24) is 10.6 Å². The Morgan fingerprint density at radius 1 is 0.610 bits per heavy atom.